The number of hydrogen-bond donors (Lipinski definition) is 2. The minimum absolute atomic E-state index is 0.0335. The number of carbonyl (C=O) groups is 1. The second-order valence-electron chi connectivity index (χ2n) is 5.58. The molecule has 5 nitrogen and oxygen atoms in total. The third-order valence-electron chi connectivity index (χ3n) is 3.54. The molecule has 116 valence electrons. The Morgan fingerprint density at radius 1 is 1.29 bits per heavy atom. The second-order valence-corrected chi connectivity index (χ2v) is 5.58. The zero-order valence-electron chi connectivity index (χ0n) is 13.1. The van der Waals surface area contributed by atoms with Gasteiger partial charge in [0, 0.05) is 26.1 Å². The Bertz CT molecular complexity index is 468. The normalized spacial score (nSPS) is 22.1. The third kappa shape index (κ3) is 4.44. The number of nitrogens with zero attached hydrogens (tertiary/aromatic N) is 1. The fourth-order valence-corrected chi connectivity index (χ4v) is 2.68. The van der Waals surface area contributed by atoms with Crippen molar-refractivity contribution in [2.45, 2.75) is 32.5 Å². The summed E-state index contributed by atoms with van der Waals surface area (Å²) in [6, 6.07) is 7.96. The molecule has 0 aromatic heterocycles. The molecule has 2 rings (SSSR count). The zero-order chi connectivity index (χ0) is 15.2. The van der Waals surface area contributed by atoms with Crippen LogP contribution in [0.15, 0.2) is 24.3 Å². The fraction of sp³-hybridized carbons (Fsp3) is 0.562. The average Bonchev–Trinajstić information content (AvgIpc) is 2.44. The molecular weight excluding hydrogens is 266 g/mol. The van der Waals surface area contributed by atoms with Crippen LogP contribution in [0, 0.1) is 0 Å². The van der Waals surface area contributed by atoms with Crippen molar-refractivity contribution >= 4 is 17.3 Å². The minimum Gasteiger partial charge on any atom is -0.372 e. The van der Waals surface area contributed by atoms with Crippen LogP contribution in [0.25, 0.3) is 0 Å². The highest BCUT2D eigenvalue weighted by molar-refractivity contribution is 5.94. The molecule has 1 aromatic rings. The first-order valence-corrected chi connectivity index (χ1v) is 7.54. The van der Waals surface area contributed by atoms with Crippen LogP contribution in [0.1, 0.15) is 20.3 Å². The van der Waals surface area contributed by atoms with E-state index in [4.69, 9.17) is 4.74 Å². The van der Waals surface area contributed by atoms with Gasteiger partial charge in [0.05, 0.1) is 23.6 Å². The standard InChI is InChI=1S/C16H25N3O2/c1-12-10-19(11-13(2)21-12)15-7-5-4-6-14(15)18-16(20)8-9-17-3/h4-7,12-13,17H,8-11H2,1-3H3,(H,18,20). The molecule has 1 aliphatic rings. The van der Waals surface area contributed by atoms with E-state index in [0.717, 1.165) is 24.5 Å². The van der Waals surface area contributed by atoms with Crippen LogP contribution in [0.4, 0.5) is 11.4 Å². The highest BCUT2D eigenvalue weighted by Gasteiger charge is 2.24. The van der Waals surface area contributed by atoms with Gasteiger partial charge in [-0.1, -0.05) is 12.1 Å². The number of morpholine rings is 1. The Labute approximate surface area is 126 Å². The summed E-state index contributed by atoms with van der Waals surface area (Å²) in [6.45, 7) is 6.52. The van der Waals surface area contributed by atoms with Gasteiger partial charge in [-0.3, -0.25) is 4.79 Å². The van der Waals surface area contributed by atoms with E-state index < -0.39 is 0 Å². The fourth-order valence-electron chi connectivity index (χ4n) is 2.68. The molecule has 1 aromatic carbocycles. The lowest BCUT2D eigenvalue weighted by Gasteiger charge is -2.37. The van der Waals surface area contributed by atoms with Gasteiger partial charge in [0.1, 0.15) is 0 Å². The number of para-hydroxylation sites is 2. The SMILES string of the molecule is CNCCC(=O)Nc1ccccc1N1CC(C)OC(C)C1. The molecule has 0 saturated carbocycles. The van der Waals surface area contributed by atoms with Crippen LogP contribution in [-0.4, -0.2) is 44.8 Å². The van der Waals surface area contributed by atoms with E-state index in [-0.39, 0.29) is 18.1 Å². The number of hydrogen-bond acceptors (Lipinski definition) is 4. The van der Waals surface area contributed by atoms with E-state index in [1.54, 1.807) is 0 Å². The first kappa shape index (κ1) is 15.8. The molecular formula is C16H25N3O2. The van der Waals surface area contributed by atoms with E-state index in [2.05, 4.69) is 35.4 Å². The summed E-state index contributed by atoms with van der Waals surface area (Å²) in [5.41, 5.74) is 1.94. The van der Waals surface area contributed by atoms with Gasteiger partial charge in [0.15, 0.2) is 0 Å². The van der Waals surface area contributed by atoms with Crippen molar-refractivity contribution < 1.29 is 9.53 Å². The number of anilines is 2. The smallest absolute Gasteiger partial charge is 0.225 e. The average molecular weight is 291 g/mol. The molecule has 1 heterocycles. The number of rotatable bonds is 5. The summed E-state index contributed by atoms with van der Waals surface area (Å²) >= 11 is 0. The summed E-state index contributed by atoms with van der Waals surface area (Å²) in [5.74, 6) is 0.0335. The van der Waals surface area contributed by atoms with E-state index in [1.165, 1.54) is 0 Å². The lowest BCUT2D eigenvalue weighted by molar-refractivity contribution is -0.116. The number of amides is 1. The third-order valence-corrected chi connectivity index (χ3v) is 3.54. The first-order chi connectivity index (χ1) is 10.1. The van der Waals surface area contributed by atoms with Crippen LogP contribution in [-0.2, 0) is 9.53 Å². The van der Waals surface area contributed by atoms with E-state index in [1.807, 2.05) is 25.2 Å². The highest BCUT2D eigenvalue weighted by atomic mass is 16.5. The predicted molar refractivity (Wildman–Crippen MR) is 85.8 cm³/mol. The molecule has 2 atom stereocenters. The van der Waals surface area contributed by atoms with Crippen LogP contribution in [0.5, 0.6) is 0 Å². The molecule has 0 aliphatic carbocycles. The quantitative estimate of drug-likeness (QED) is 0.869. The largest absolute Gasteiger partial charge is 0.372 e. The molecule has 1 fully saturated rings. The Morgan fingerprint density at radius 3 is 2.62 bits per heavy atom. The lowest BCUT2D eigenvalue weighted by atomic mass is 10.1. The zero-order valence-corrected chi connectivity index (χ0v) is 13.1. The molecule has 5 heteroatoms. The molecule has 21 heavy (non-hydrogen) atoms. The van der Waals surface area contributed by atoms with Crippen molar-refractivity contribution in [3.63, 3.8) is 0 Å². The van der Waals surface area contributed by atoms with Gasteiger partial charge in [0.2, 0.25) is 5.91 Å². The van der Waals surface area contributed by atoms with Crippen molar-refractivity contribution in [2.24, 2.45) is 0 Å². The van der Waals surface area contributed by atoms with Crippen LogP contribution in [0.2, 0.25) is 0 Å². The van der Waals surface area contributed by atoms with Crippen molar-refractivity contribution in [3.05, 3.63) is 24.3 Å². The molecule has 2 N–H and O–H groups in total. The molecule has 0 spiro atoms. The van der Waals surface area contributed by atoms with Gasteiger partial charge in [-0.2, -0.15) is 0 Å². The molecule has 1 aliphatic heterocycles. The van der Waals surface area contributed by atoms with Crippen molar-refractivity contribution in [1.29, 1.82) is 0 Å². The van der Waals surface area contributed by atoms with Gasteiger partial charge >= 0.3 is 0 Å². The second kappa shape index (κ2) is 7.43. The van der Waals surface area contributed by atoms with Gasteiger partial charge in [-0.05, 0) is 33.0 Å². The van der Waals surface area contributed by atoms with Crippen molar-refractivity contribution in [1.82, 2.24) is 5.32 Å². The predicted octanol–water partition coefficient (Wildman–Crippen LogP) is 1.85. The summed E-state index contributed by atoms with van der Waals surface area (Å²) in [4.78, 5) is 14.2. The maximum atomic E-state index is 11.9. The molecule has 1 amide bonds. The Balaban J connectivity index is 2.11. The topological polar surface area (TPSA) is 53.6 Å². The van der Waals surface area contributed by atoms with Crippen molar-refractivity contribution in [3.8, 4) is 0 Å². The molecule has 0 radical (unpaired) electrons. The van der Waals surface area contributed by atoms with Gasteiger partial charge in [-0.15, -0.1) is 0 Å². The lowest BCUT2D eigenvalue weighted by Crippen LogP contribution is -2.45. The van der Waals surface area contributed by atoms with Crippen LogP contribution in [0.3, 0.4) is 0 Å². The maximum Gasteiger partial charge on any atom is 0.225 e. The number of nitrogens with one attached hydrogen (secondary N) is 2. The Hall–Kier alpha value is -1.59. The summed E-state index contributed by atoms with van der Waals surface area (Å²) in [6.07, 6.45) is 0.865. The summed E-state index contributed by atoms with van der Waals surface area (Å²) < 4.78 is 5.77. The Morgan fingerprint density at radius 2 is 1.95 bits per heavy atom. The molecule has 0 bridgehead atoms. The molecule has 2 unspecified atom stereocenters. The van der Waals surface area contributed by atoms with Gasteiger partial charge in [-0.25, -0.2) is 0 Å². The minimum atomic E-state index is 0.0335. The Kier molecular flexibility index (Phi) is 5.59. The van der Waals surface area contributed by atoms with E-state index in [9.17, 15) is 4.79 Å². The van der Waals surface area contributed by atoms with Crippen molar-refractivity contribution in [2.75, 3.05) is 36.9 Å². The van der Waals surface area contributed by atoms with Gasteiger partial charge < -0.3 is 20.3 Å². The van der Waals surface area contributed by atoms with E-state index in [0.29, 0.717) is 13.0 Å². The number of ether oxygens (including phenoxy) is 1. The highest BCUT2D eigenvalue weighted by Crippen LogP contribution is 2.28. The van der Waals surface area contributed by atoms with E-state index >= 15 is 0 Å². The first-order valence-electron chi connectivity index (χ1n) is 7.54. The number of carbonyl (C=O) groups excluding carboxylic acids is 1. The summed E-state index contributed by atoms with van der Waals surface area (Å²) in [7, 11) is 1.84. The molecule has 1 saturated heterocycles. The van der Waals surface area contributed by atoms with Gasteiger partial charge in [0.25, 0.3) is 0 Å². The summed E-state index contributed by atoms with van der Waals surface area (Å²) in [5, 5.41) is 6.00. The number of benzene rings is 1. The maximum absolute atomic E-state index is 11.9. The van der Waals surface area contributed by atoms with Crippen LogP contribution < -0.4 is 15.5 Å². The monoisotopic (exact) mass is 291 g/mol. The van der Waals surface area contributed by atoms with Crippen LogP contribution >= 0.6 is 0 Å².